The Balaban J connectivity index is 2.09. The van der Waals surface area contributed by atoms with Gasteiger partial charge in [-0.25, -0.2) is 0 Å². The van der Waals surface area contributed by atoms with Crippen LogP contribution in [-0.2, 0) is 4.74 Å². The van der Waals surface area contributed by atoms with Gasteiger partial charge in [-0.05, 0) is 39.7 Å². The molecule has 6 heteroatoms. The smallest absolute Gasteiger partial charge is 0.270 e. The fourth-order valence-electron chi connectivity index (χ4n) is 2.41. The van der Waals surface area contributed by atoms with Crippen LogP contribution in [0.1, 0.15) is 44.0 Å². The van der Waals surface area contributed by atoms with E-state index in [9.17, 15) is 14.9 Å². The third kappa shape index (κ3) is 3.78. The van der Waals surface area contributed by atoms with E-state index in [1.807, 2.05) is 13.8 Å². The minimum absolute atomic E-state index is 0.0185. The van der Waals surface area contributed by atoms with Crippen molar-refractivity contribution >= 4 is 11.5 Å². The Morgan fingerprint density at radius 3 is 2.76 bits per heavy atom. The Labute approximate surface area is 123 Å². The van der Waals surface area contributed by atoms with Gasteiger partial charge in [0.2, 0.25) is 0 Å². The second kappa shape index (κ2) is 5.81. The van der Waals surface area contributed by atoms with Gasteiger partial charge in [-0.15, -0.1) is 0 Å². The predicted molar refractivity (Wildman–Crippen MR) is 76.8 cm³/mol. The minimum Gasteiger partial charge on any atom is -0.490 e. The molecule has 1 unspecified atom stereocenters. The van der Waals surface area contributed by atoms with E-state index in [0.717, 1.165) is 12.8 Å². The number of Topliss-reactive ketones (excluding diaryl/α,β-unsaturated/α-hetero) is 1. The van der Waals surface area contributed by atoms with Gasteiger partial charge in [0.1, 0.15) is 12.4 Å². The number of benzene rings is 1. The zero-order chi connectivity index (χ0) is 15.6. The van der Waals surface area contributed by atoms with Gasteiger partial charge in [-0.1, -0.05) is 0 Å². The van der Waals surface area contributed by atoms with E-state index >= 15 is 0 Å². The summed E-state index contributed by atoms with van der Waals surface area (Å²) >= 11 is 0. The molecule has 0 aromatic heterocycles. The van der Waals surface area contributed by atoms with E-state index in [2.05, 4.69) is 0 Å². The van der Waals surface area contributed by atoms with Crippen LogP contribution in [0.15, 0.2) is 18.2 Å². The summed E-state index contributed by atoms with van der Waals surface area (Å²) < 4.78 is 11.5. The molecule has 0 amide bonds. The van der Waals surface area contributed by atoms with Gasteiger partial charge >= 0.3 is 0 Å². The first-order valence-corrected chi connectivity index (χ1v) is 6.88. The second-order valence-corrected chi connectivity index (χ2v) is 5.84. The summed E-state index contributed by atoms with van der Waals surface area (Å²) in [6, 6.07) is 4.05. The van der Waals surface area contributed by atoms with Crippen LogP contribution in [0.25, 0.3) is 0 Å². The lowest BCUT2D eigenvalue weighted by Gasteiger charge is -2.19. The molecule has 1 saturated heterocycles. The van der Waals surface area contributed by atoms with Crippen molar-refractivity contribution in [2.75, 3.05) is 6.61 Å². The summed E-state index contributed by atoms with van der Waals surface area (Å²) in [5.74, 6) is 0.0998. The number of hydrogen-bond donors (Lipinski definition) is 0. The maximum absolute atomic E-state index is 11.6. The third-order valence-electron chi connectivity index (χ3n) is 3.53. The lowest BCUT2D eigenvalue weighted by atomic mass is 10.1. The quantitative estimate of drug-likeness (QED) is 0.473. The lowest BCUT2D eigenvalue weighted by molar-refractivity contribution is -0.384. The number of ether oxygens (including phenoxy) is 2. The van der Waals surface area contributed by atoms with Crippen LogP contribution in [0.5, 0.6) is 5.75 Å². The average molecular weight is 293 g/mol. The van der Waals surface area contributed by atoms with Crippen LogP contribution in [0.2, 0.25) is 0 Å². The molecular formula is C15H19NO5. The average Bonchev–Trinajstić information content (AvgIpc) is 2.75. The molecule has 114 valence electrons. The molecule has 0 bridgehead atoms. The fourth-order valence-corrected chi connectivity index (χ4v) is 2.41. The molecule has 2 rings (SSSR count). The summed E-state index contributed by atoms with van der Waals surface area (Å²) in [7, 11) is 0. The normalized spacial score (nSPS) is 20.2. The number of ketones is 1. The van der Waals surface area contributed by atoms with Gasteiger partial charge in [0, 0.05) is 12.1 Å². The molecule has 1 aliphatic rings. The first kappa shape index (κ1) is 15.4. The van der Waals surface area contributed by atoms with Crippen LogP contribution in [0.3, 0.4) is 0 Å². The summed E-state index contributed by atoms with van der Waals surface area (Å²) in [5, 5.41) is 10.8. The van der Waals surface area contributed by atoms with Gasteiger partial charge in [-0.3, -0.25) is 14.9 Å². The van der Waals surface area contributed by atoms with E-state index in [-0.39, 0.29) is 28.7 Å². The Hall–Kier alpha value is -1.95. The number of nitro groups is 1. The highest BCUT2D eigenvalue weighted by atomic mass is 16.6. The van der Waals surface area contributed by atoms with Gasteiger partial charge in [-0.2, -0.15) is 0 Å². The van der Waals surface area contributed by atoms with Crippen LogP contribution < -0.4 is 4.74 Å². The molecule has 21 heavy (non-hydrogen) atoms. The Morgan fingerprint density at radius 1 is 1.52 bits per heavy atom. The number of rotatable bonds is 5. The van der Waals surface area contributed by atoms with E-state index in [0.29, 0.717) is 12.4 Å². The molecule has 1 aromatic carbocycles. The summed E-state index contributed by atoms with van der Waals surface area (Å²) in [4.78, 5) is 21.8. The summed E-state index contributed by atoms with van der Waals surface area (Å²) in [6.45, 7) is 5.75. The number of carbonyl (C=O) groups is 1. The maximum Gasteiger partial charge on any atom is 0.270 e. The second-order valence-electron chi connectivity index (χ2n) is 5.84. The first-order chi connectivity index (χ1) is 9.78. The maximum atomic E-state index is 11.6. The van der Waals surface area contributed by atoms with Crippen molar-refractivity contribution in [1.29, 1.82) is 0 Å². The van der Waals surface area contributed by atoms with Crippen LogP contribution in [-0.4, -0.2) is 29.0 Å². The van der Waals surface area contributed by atoms with Crippen LogP contribution >= 0.6 is 0 Å². The van der Waals surface area contributed by atoms with E-state index in [4.69, 9.17) is 9.47 Å². The fraction of sp³-hybridized carbons (Fsp3) is 0.533. The molecule has 1 fully saturated rings. The Bertz CT molecular complexity index is 567. The van der Waals surface area contributed by atoms with Gasteiger partial charge in [0.15, 0.2) is 5.78 Å². The lowest BCUT2D eigenvalue weighted by Crippen LogP contribution is -2.24. The third-order valence-corrected chi connectivity index (χ3v) is 3.53. The number of carbonyl (C=O) groups excluding carboxylic acids is 1. The molecule has 1 heterocycles. The van der Waals surface area contributed by atoms with Gasteiger partial charge in [0.05, 0.1) is 22.2 Å². The largest absolute Gasteiger partial charge is 0.490 e. The summed E-state index contributed by atoms with van der Waals surface area (Å²) in [5.41, 5.74) is -0.0420. The highest BCUT2D eigenvalue weighted by Gasteiger charge is 2.32. The van der Waals surface area contributed by atoms with Crippen molar-refractivity contribution in [1.82, 2.24) is 0 Å². The summed E-state index contributed by atoms with van der Waals surface area (Å²) in [6.07, 6.45) is 1.84. The topological polar surface area (TPSA) is 78.7 Å². The van der Waals surface area contributed by atoms with E-state index < -0.39 is 4.92 Å². The zero-order valence-electron chi connectivity index (χ0n) is 12.4. The van der Waals surface area contributed by atoms with Crippen molar-refractivity contribution in [2.24, 2.45) is 0 Å². The molecule has 1 aliphatic heterocycles. The number of non-ortho nitro benzene ring substituents is 1. The first-order valence-electron chi connectivity index (χ1n) is 6.88. The molecule has 0 N–H and O–H groups in total. The van der Waals surface area contributed by atoms with Crippen LogP contribution in [0.4, 0.5) is 5.69 Å². The minimum atomic E-state index is -0.529. The van der Waals surface area contributed by atoms with Crippen molar-refractivity contribution in [3.8, 4) is 5.75 Å². The van der Waals surface area contributed by atoms with Crippen molar-refractivity contribution < 1.29 is 19.2 Å². The van der Waals surface area contributed by atoms with Crippen LogP contribution in [0, 0.1) is 10.1 Å². The van der Waals surface area contributed by atoms with E-state index in [1.54, 1.807) is 0 Å². The molecular weight excluding hydrogens is 274 g/mol. The monoisotopic (exact) mass is 293 g/mol. The Morgan fingerprint density at radius 2 is 2.24 bits per heavy atom. The highest BCUT2D eigenvalue weighted by molar-refractivity contribution is 5.97. The molecule has 0 saturated carbocycles. The Kier molecular flexibility index (Phi) is 4.27. The van der Waals surface area contributed by atoms with Gasteiger partial charge < -0.3 is 9.47 Å². The standard InChI is InChI=1S/C15H19NO5/c1-10(17)13-8-11(16(18)19)4-5-14(13)20-9-12-6-7-15(2,3)21-12/h4-5,8,12H,6-7,9H2,1-3H3. The van der Waals surface area contributed by atoms with Crippen molar-refractivity contribution in [3.05, 3.63) is 33.9 Å². The van der Waals surface area contributed by atoms with Crippen molar-refractivity contribution in [3.63, 3.8) is 0 Å². The number of nitrogens with zero attached hydrogens (tertiary/aromatic N) is 1. The molecule has 1 atom stereocenters. The predicted octanol–water partition coefficient (Wildman–Crippen LogP) is 3.13. The molecule has 6 nitrogen and oxygen atoms in total. The zero-order valence-corrected chi connectivity index (χ0v) is 12.4. The number of nitro benzene ring substituents is 1. The number of hydrogen-bond acceptors (Lipinski definition) is 5. The highest BCUT2D eigenvalue weighted by Crippen LogP contribution is 2.31. The molecule has 0 spiro atoms. The van der Waals surface area contributed by atoms with Gasteiger partial charge in [0.25, 0.3) is 5.69 Å². The SMILES string of the molecule is CC(=O)c1cc([N+](=O)[O-])ccc1OCC1CCC(C)(C)O1. The molecule has 0 aliphatic carbocycles. The molecule has 1 aromatic rings. The molecule has 0 radical (unpaired) electrons. The van der Waals surface area contributed by atoms with E-state index in [1.165, 1.54) is 25.1 Å². The van der Waals surface area contributed by atoms with Crippen molar-refractivity contribution in [2.45, 2.75) is 45.3 Å².